The number of likely N-dealkylation sites (N-methyl/N-ethyl adjacent to an activating group) is 1. The predicted octanol–water partition coefficient (Wildman–Crippen LogP) is 5.73. The van der Waals surface area contributed by atoms with Gasteiger partial charge in [0.1, 0.15) is 11.5 Å². The Balaban J connectivity index is 1.62. The van der Waals surface area contributed by atoms with Crippen molar-refractivity contribution >= 4 is 21.6 Å². The summed E-state index contributed by atoms with van der Waals surface area (Å²) in [4.78, 5) is 18.4. The van der Waals surface area contributed by atoms with Crippen LogP contribution in [0.5, 0.6) is 11.5 Å². The van der Waals surface area contributed by atoms with Gasteiger partial charge < -0.3 is 24.2 Å². The molecule has 1 aliphatic rings. The van der Waals surface area contributed by atoms with E-state index in [2.05, 4.69) is 23.6 Å². The number of aliphatic hydroxyl groups is 1. The molecule has 0 aliphatic carbocycles. The molecular formula is C37H51N3O7S. The highest BCUT2D eigenvalue weighted by Gasteiger charge is 2.30. The maximum Gasteiger partial charge on any atom is 0.261 e. The number of amides is 1. The Labute approximate surface area is 286 Å². The normalized spacial score (nSPS) is 20.4. The van der Waals surface area contributed by atoms with Crippen molar-refractivity contribution < 1.29 is 32.5 Å². The number of carbonyl (C=O) groups is 1. The van der Waals surface area contributed by atoms with Crippen molar-refractivity contribution in [3.8, 4) is 11.5 Å². The maximum atomic E-state index is 14.4. The fraction of sp³-hybridized carbons (Fsp3) is 0.486. The van der Waals surface area contributed by atoms with E-state index in [1.54, 1.807) is 55.3 Å². The molecule has 0 unspecified atom stereocenters. The van der Waals surface area contributed by atoms with Gasteiger partial charge in [-0.2, -0.15) is 0 Å². The largest absolute Gasteiger partial charge is 0.497 e. The molecule has 3 aromatic rings. The number of aryl methyl sites for hydroxylation is 1. The molecule has 10 nitrogen and oxygen atoms in total. The molecule has 0 radical (unpaired) electrons. The number of nitrogens with one attached hydrogen (secondary N) is 1. The second-order valence-corrected chi connectivity index (χ2v) is 14.7. The van der Waals surface area contributed by atoms with Gasteiger partial charge in [0.05, 0.1) is 42.4 Å². The summed E-state index contributed by atoms with van der Waals surface area (Å²) in [5, 5.41) is 10.3. The zero-order chi connectivity index (χ0) is 34.8. The van der Waals surface area contributed by atoms with Gasteiger partial charge >= 0.3 is 0 Å². The van der Waals surface area contributed by atoms with Crippen LogP contribution in [0.2, 0.25) is 0 Å². The first-order valence-electron chi connectivity index (χ1n) is 16.6. The van der Waals surface area contributed by atoms with Crippen LogP contribution >= 0.6 is 0 Å². The van der Waals surface area contributed by atoms with Crippen LogP contribution in [-0.2, 0) is 21.3 Å². The van der Waals surface area contributed by atoms with E-state index in [4.69, 9.17) is 14.2 Å². The fourth-order valence-corrected chi connectivity index (χ4v) is 6.84. The lowest BCUT2D eigenvalue weighted by Gasteiger charge is -2.36. The van der Waals surface area contributed by atoms with Gasteiger partial charge in [0, 0.05) is 37.8 Å². The number of hydrogen-bond donors (Lipinski definition) is 2. The molecule has 3 aromatic carbocycles. The predicted molar refractivity (Wildman–Crippen MR) is 188 cm³/mol. The van der Waals surface area contributed by atoms with Crippen molar-refractivity contribution in [2.75, 3.05) is 45.2 Å². The van der Waals surface area contributed by atoms with Crippen LogP contribution in [0.4, 0.5) is 5.69 Å². The van der Waals surface area contributed by atoms with Gasteiger partial charge in [-0.15, -0.1) is 0 Å². The van der Waals surface area contributed by atoms with Crippen molar-refractivity contribution in [1.82, 2.24) is 9.80 Å². The molecule has 0 saturated heterocycles. The fourth-order valence-electron chi connectivity index (χ4n) is 5.79. The number of anilines is 1. The zero-order valence-corrected chi connectivity index (χ0v) is 29.8. The summed E-state index contributed by atoms with van der Waals surface area (Å²) >= 11 is 0. The summed E-state index contributed by atoms with van der Waals surface area (Å²) in [6.45, 7) is 9.73. The minimum absolute atomic E-state index is 0.0873. The number of aliphatic hydroxyl groups excluding tert-OH is 1. The topological polar surface area (TPSA) is 118 Å². The van der Waals surface area contributed by atoms with Crippen LogP contribution in [0.3, 0.4) is 0 Å². The van der Waals surface area contributed by atoms with Crippen molar-refractivity contribution in [3.05, 3.63) is 83.4 Å². The molecule has 0 saturated carbocycles. The first-order valence-corrected chi connectivity index (χ1v) is 18.1. The molecule has 1 aliphatic heterocycles. The molecule has 0 aromatic heterocycles. The van der Waals surface area contributed by atoms with Crippen molar-refractivity contribution in [2.24, 2.45) is 5.92 Å². The standard InChI is InChI=1S/C37H51N3O7S/c1-26-10-17-33(18-11-26)48(43,44)38-31-14-19-35-34(21-31)37(42)40(28(3)25-41)22-27(2)36(46-20-8-7-9-29(4)47-35)24-39(5)23-30-12-15-32(45-6)16-13-30/h10-19,21,27-29,36,38,41H,7-9,20,22-25H2,1-6H3/t27-,28+,29+,36+/m0/s1. The van der Waals surface area contributed by atoms with Gasteiger partial charge in [-0.05, 0) is 95.1 Å². The minimum Gasteiger partial charge on any atom is -0.497 e. The van der Waals surface area contributed by atoms with E-state index in [9.17, 15) is 18.3 Å². The Morgan fingerprint density at radius 2 is 1.77 bits per heavy atom. The van der Waals surface area contributed by atoms with Gasteiger partial charge in [-0.3, -0.25) is 14.4 Å². The Kier molecular flexibility index (Phi) is 13.3. The highest BCUT2D eigenvalue weighted by molar-refractivity contribution is 7.92. The Morgan fingerprint density at radius 1 is 1.06 bits per heavy atom. The molecule has 4 atom stereocenters. The molecule has 48 heavy (non-hydrogen) atoms. The number of hydrogen-bond acceptors (Lipinski definition) is 8. The lowest BCUT2D eigenvalue weighted by atomic mass is 10.0. The Morgan fingerprint density at radius 3 is 2.44 bits per heavy atom. The van der Waals surface area contributed by atoms with Gasteiger partial charge in [0.15, 0.2) is 0 Å². The third-order valence-electron chi connectivity index (χ3n) is 8.74. The molecule has 0 spiro atoms. The van der Waals surface area contributed by atoms with E-state index >= 15 is 0 Å². The molecule has 0 bridgehead atoms. The molecule has 2 N–H and O–H groups in total. The summed E-state index contributed by atoms with van der Waals surface area (Å²) in [7, 11) is -0.200. The van der Waals surface area contributed by atoms with Crippen molar-refractivity contribution in [2.45, 2.75) is 76.6 Å². The van der Waals surface area contributed by atoms with E-state index in [1.807, 2.05) is 38.1 Å². The number of rotatable bonds is 10. The van der Waals surface area contributed by atoms with Crippen molar-refractivity contribution in [3.63, 3.8) is 0 Å². The molecule has 11 heteroatoms. The number of ether oxygens (including phenoxy) is 3. The first kappa shape index (κ1) is 37.2. The van der Waals surface area contributed by atoms with Gasteiger partial charge in [0.25, 0.3) is 15.9 Å². The average Bonchev–Trinajstić information content (AvgIpc) is 3.06. The summed E-state index contributed by atoms with van der Waals surface area (Å²) in [6, 6.07) is 18.8. The van der Waals surface area contributed by atoms with Gasteiger partial charge in [-0.25, -0.2) is 8.42 Å². The number of nitrogens with zero attached hydrogens (tertiary/aromatic N) is 2. The van der Waals surface area contributed by atoms with E-state index in [1.165, 1.54) is 6.07 Å². The van der Waals surface area contributed by atoms with E-state index in [0.29, 0.717) is 25.4 Å². The number of sulfonamides is 1. The molecule has 4 rings (SSSR count). The quantitative estimate of drug-likeness (QED) is 0.279. The second kappa shape index (κ2) is 17.1. The lowest BCUT2D eigenvalue weighted by molar-refractivity contribution is -0.0177. The highest BCUT2D eigenvalue weighted by atomic mass is 32.2. The van der Waals surface area contributed by atoms with Crippen LogP contribution in [0, 0.1) is 12.8 Å². The first-order chi connectivity index (χ1) is 22.9. The van der Waals surface area contributed by atoms with Gasteiger partial charge in [-0.1, -0.05) is 36.8 Å². The van der Waals surface area contributed by atoms with Crippen LogP contribution in [0.25, 0.3) is 0 Å². The number of fused-ring (bicyclic) bond motifs is 1. The van der Waals surface area contributed by atoms with Crippen LogP contribution in [0.1, 0.15) is 61.5 Å². The monoisotopic (exact) mass is 681 g/mol. The van der Waals surface area contributed by atoms with Crippen LogP contribution < -0.4 is 14.2 Å². The number of methoxy groups -OCH3 is 1. The van der Waals surface area contributed by atoms with Gasteiger partial charge in [0.2, 0.25) is 0 Å². The lowest BCUT2D eigenvalue weighted by Crippen LogP contribution is -2.47. The molecule has 262 valence electrons. The average molecular weight is 682 g/mol. The Bertz CT molecular complexity index is 1580. The van der Waals surface area contributed by atoms with E-state index in [0.717, 1.165) is 42.7 Å². The molecular weight excluding hydrogens is 630 g/mol. The summed E-state index contributed by atoms with van der Waals surface area (Å²) in [6.07, 6.45) is 2.13. The van der Waals surface area contributed by atoms with Crippen LogP contribution in [0.15, 0.2) is 71.6 Å². The van der Waals surface area contributed by atoms with Crippen molar-refractivity contribution in [1.29, 1.82) is 0 Å². The van der Waals surface area contributed by atoms with E-state index < -0.39 is 16.1 Å². The van der Waals surface area contributed by atoms with E-state index in [-0.39, 0.29) is 46.8 Å². The summed E-state index contributed by atoms with van der Waals surface area (Å²) in [5.74, 6) is 0.738. The smallest absolute Gasteiger partial charge is 0.261 e. The molecule has 0 fully saturated rings. The third kappa shape index (κ3) is 10.2. The zero-order valence-electron chi connectivity index (χ0n) is 29.0. The minimum atomic E-state index is -3.91. The highest BCUT2D eigenvalue weighted by Crippen LogP contribution is 2.30. The number of benzene rings is 3. The molecule has 1 heterocycles. The second-order valence-electron chi connectivity index (χ2n) is 13.0. The molecule has 1 amide bonds. The Hall–Kier alpha value is -3.64. The summed E-state index contributed by atoms with van der Waals surface area (Å²) < 4.78 is 47.2. The third-order valence-corrected chi connectivity index (χ3v) is 10.1. The maximum absolute atomic E-state index is 14.4. The number of carbonyl (C=O) groups excluding carboxylic acids is 1. The SMILES string of the molecule is COc1ccc(CN(C)C[C@H]2OCCCC[C@@H](C)Oc3ccc(NS(=O)(=O)c4ccc(C)cc4)cc3C(=O)N([C@H](C)CO)C[C@@H]2C)cc1. The van der Waals surface area contributed by atoms with Crippen LogP contribution in [-0.4, -0.2) is 87.9 Å². The summed E-state index contributed by atoms with van der Waals surface area (Å²) in [5.41, 5.74) is 2.56.